The fraction of sp³-hybridized carbons (Fsp3) is 0.333. The number of halogens is 1. The van der Waals surface area contributed by atoms with Crippen molar-refractivity contribution in [2.45, 2.75) is 32.9 Å². The highest BCUT2D eigenvalue weighted by molar-refractivity contribution is 7.19. The fourth-order valence-electron chi connectivity index (χ4n) is 2.53. The lowest BCUT2D eigenvalue weighted by Gasteiger charge is -2.15. The van der Waals surface area contributed by atoms with E-state index in [9.17, 15) is 14.3 Å². The van der Waals surface area contributed by atoms with Crippen LogP contribution in [0.2, 0.25) is 0 Å². The van der Waals surface area contributed by atoms with Gasteiger partial charge in [-0.3, -0.25) is 9.78 Å². The van der Waals surface area contributed by atoms with Crippen molar-refractivity contribution in [3.05, 3.63) is 46.5 Å². The van der Waals surface area contributed by atoms with Gasteiger partial charge in [0.25, 0.3) is 5.91 Å². The molecule has 0 aromatic carbocycles. The summed E-state index contributed by atoms with van der Waals surface area (Å²) in [6, 6.07) is 2.96. The summed E-state index contributed by atoms with van der Waals surface area (Å²) in [4.78, 5) is 26.2. The molecule has 0 fully saturated rings. The Morgan fingerprint density at radius 3 is 2.78 bits per heavy atom. The molecule has 27 heavy (non-hydrogen) atoms. The van der Waals surface area contributed by atoms with E-state index < -0.39 is 11.9 Å². The van der Waals surface area contributed by atoms with Gasteiger partial charge in [0, 0.05) is 17.6 Å². The zero-order chi connectivity index (χ0) is 19.6. The molecule has 3 rings (SSSR count). The number of fused-ring (bicyclic) bond motifs is 1. The molecule has 0 saturated carbocycles. The van der Waals surface area contributed by atoms with Crippen LogP contribution in [0.15, 0.2) is 24.5 Å². The molecule has 3 N–H and O–H groups in total. The molecule has 142 valence electrons. The van der Waals surface area contributed by atoms with Crippen LogP contribution in [0.25, 0.3) is 10.2 Å². The number of carbonyl (C=O) groups is 1. The summed E-state index contributed by atoms with van der Waals surface area (Å²) in [5.74, 6) is -0.545. The highest BCUT2D eigenvalue weighted by atomic mass is 32.1. The van der Waals surface area contributed by atoms with Gasteiger partial charge in [-0.2, -0.15) is 0 Å². The van der Waals surface area contributed by atoms with E-state index in [0.29, 0.717) is 15.8 Å². The standard InChI is InChI=1S/C18H20FN5O2S/c1-9(25)6-21-17(26)15-16-14(4-10(2)27-16)23-18(24-15)22-11(3)12-5-13(19)8-20-7-12/h4-5,7-9,11,25H,6H2,1-3H3,(H,21,26)(H,22,23,24)/t9-,11+/m1/s1. The molecule has 0 aliphatic carbocycles. The topological polar surface area (TPSA) is 100 Å². The molecule has 0 radical (unpaired) electrons. The quantitative estimate of drug-likeness (QED) is 0.599. The number of nitrogens with zero attached hydrogens (tertiary/aromatic N) is 3. The van der Waals surface area contributed by atoms with Gasteiger partial charge >= 0.3 is 0 Å². The monoisotopic (exact) mass is 389 g/mol. The van der Waals surface area contributed by atoms with E-state index in [0.717, 1.165) is 11.1 Å². The summed E-state index contributed by atoms with van der Waals surface area (Å²) in [5, 5.41) is 15.1. The second-order valence-corrected chi connectivity index (χ2v) is 7.59. The summed E-state index contributed by atoms with van der Waals surface area (Å²) in [5.41, 5.74) is 1.54. The average Bonchev–Trinajstić information content (AvgIpc) is 2.98. The minimum Gasteiger partial charge on any atom is -0.392 e. The van der Waals surface area contributed by atoms with Crippen LogP contribution in [0, 0.1) is 12.7 Å². The van der Waals surface area contributed by atoms with Crippen LogP contribution in [0.3, 0.4) is 0 Å². The number of aryl methyl sites for hydroxylation is 1. The number of rotatable bonds is 6. The van der Waals surface area contributed by atoms with Crippen LogP contribution in [0.5, 0.6) is 0 Å². The molecule has 2 atom stereocenters. The first-order chi connectivity index (χ1) is 12.8. The third kappa shape index (κ3) is 4.55. The van der Waals surface area contributed by atoms with E-state index in [-0.39, 0.29) is 30.1 Å². The SMILES string of the molecule is Cc1cc2nc(N[C@@H](C)c3cncc(F)c3)nc(C(=O)NC[C@@H](C)O)c2s1. The molecule has 3 aromatic rings. The van der Waals surface area contributed by atoms with E-state index in [4.69, 9.17) is 0 Å². The van der Waals surface area contributed by atoms with Gasteiger partial charge in [-0.05, 0) is 38.5 Å². The minimum absolute atomic E-state index is 0.128. The Bertz CT molecular complexity index is 976. The molecule has 9 heteroatoms. The van der Waals surface area contributed by atoms with Crippen molar-refractivity contribution in [3.8, 4) is 0 Å². The van der Waals surface area contributed by atoms with Gasteiger partial charge in [0.15, 0.2) is 5.69 Å². The number of aliphatic hydroxyl groups is 1. The maximum Gasteiger partial charge on any atom is 0.271 e. The molecular formula is C18H20FN5O2S. The van der Waals surface area contributed by atoms with Crippen LogP contribution in [-0.4, -0.2) is 38.6 Å². The van der Waals surface area contributed by atoms with E-state index >= 15 is 0 Å². The Morgan fingerprint density at radius 1 is 1.30 bits per heavy atom. The molecule has 1 amide bonds. The van der Waals surface area contributed by atoms with Crippen molar-refractivity contribution >= 4 is 33.4 Å². The van der Waals surface area contributed by atoms with Crippen LogP contribution >= 0.6 is 11.3 Å². The maximum absolute atomic E-state index is 13.4. The van der Waals surface area contributed by atoms with E-state index in [2.05, 4.69) is 25.6 Å². The number of thiophene rings is 1. The zero-order valence-electron chi connectivity index (χ0n) is 15.2. The molecule has 3 heterocycles. The minimum atomic E-state index is -0.658. The molecule has 3 aromatic heterocycles. The largest absolute Gasteiger partial charge is 0.392 e. The summed E-state index contributed by atoms with van der Waals surface area (Å²) in [6.45, 7) is 5.48. The van der Waals surface area contributed by atoms with Gasteiger partial charge in [-0.15, -0.1) is 11.3 Å². The third-order valence-corrected chi connectivity index (χ3v) is 4.89. The van der Waals surface area contributed by atoms with Crippen LogP contribution < -0.4 is 10.6 Å². The Morgan fingerprint density at radius 2 is 2.07 bits per heavy atom. The smallest absolute Gasteiger partial charge is 0.271 e. The fourth-order valence-corrected chi connectivity index (χ4v) is 3.47. The molecule has 7 nitrogen and oxygen atoms in total. The van der Waals surface area contributed by atoms with Crippen LogP contribution in [0.1, 0.15) is 40.8 Å². The number of carbonyl (C=O) groups excluding carboxylic acids is 1. The molecule has 0 bridgehead atoms. The number of pyridine rings is 1. The number of amides is 1. The van der Waals surface area contributed by atoms with Crippen LogP contribution in [-0.2, 0) is 0 Å². The number of hydrogen-bond donors (Lipinski definition) is 3. The molecule has 0 spiro atoms. The Kier molecular flexibility index (Phi) is 5.62. The highest BCUT2D eigenvalue weighted by Crippen LogP contribution is 2.28. The van der Waals surface area contributed by atoms with Gasteiger partial charge in [-0.25, -0.2) is 14.4 Å². The number of anilines is 1. The van der Waals surface area contributed by atoms with Crippen LogP contribution in [0.4, 0.5) is 10.3 Å². The zero-order valence-corrected chi connectivity index (χ0v) is 16.0. The first kappa shape index (κ1) is 19.1. The maximum atomic E-state index is 13.4. The third-order valence-electron chi connectivity index (χ3n) is 3.84. The summed E-state index contributed by atoms with van der Waals surface area (Å²) in [6.07, 6.45) is 2.04. The molecule has 0 saturated heterocycles. The van der Waals surface area contributed by atoms with Gasteiger partial charge in [-0.1, -0.05) is 0 Å². The highest BCUT2D eigenvalue weighted by Gasteiger charge is 2.18. The van der Waals surface area contributed by atoms with Gasteiger partial charge in [0.1, 0.15) is 5.82 Å². The van der Waals surface area contributed by atoms with Crippen molar-refractivity contribution in [1.82, 2.24) is 20.3 Å². The average molecular weight is 389 g/mol. The van der Waals surface area contributed by atoms with Gasteiger partial charge in [0.2, 0.25) is 5.95 Å². The Labute approximate surface area is 159 Å². The molecule has 0 unspecified atom stereocenters. The number of hydrogen-bond acceptors (Lipinski definition) is 7. The van der Waals surface area contributed by atoms with Gasteiger partial charge < -0.3 is 15.7 Å². The second kappa shape index (κ2) is 7.93. The first-order valence-electron chi connectivity index (χ1n) is 8.45. The molecular weight excluding hydrogens is 369 g/mol. The van der Waals surface area contributed by atoms with Crippen molar-refractivity contribution < 1.29 is 14.3 Å². The van der Waals surface area contributed by atoms with E-state index in [1.54, 1.807) is 13.1 Å². The number of aromatic nitrogens is 3. The number of aliphatic hydroxyl groups excluding tert-OH is 1. The number of nitrogens with one attached hydrogen (secondary N) is 2. The van der Waals surface area contributed by atoms with Crippen molar-refractivity contribution in [1.29, 1.82) is 0 Å². The molecule has 0 aliphatic heterocycles. The van der Waals surface area contributed by atoms with Crippen molar-refractivity contribution in [2.75, 3.05) is 11.9 Å². The van der Waals surface area contributed by atoms with E-state index in [1.165, 1.54) is 17.4 Å². The predicted octanol–water partition coefficient (Wildman–Crippen LogP) is 2.82. The molecule has 0 aliphatic rings. The normalized spacial score (nSPS) is 13.4. The Balaban J connectivity index is 1.92. The lowest BCUT2D eigenvalue weighted by molar-refractivity contribution is 0.0921. The predicted molar refractivity (Wildman–Crippen MR) is 102 cm³/mol. The lowest BCUT2D eigenvalue weighted by Crippen LogP contribution is -2.31. The van der Waals surface area contributed by atoms with Crippen molar-refractivity contribution in [2.24, 2.45) is 0 Å². The summed E-state index contributed by atoms with van der Waals surface area (Å²) < 4.78 is 14.1. The van der Waals surface area contributed by atoms with Gasteiger partial charge in [0.05, 0.1) is 28.6 Å². The summed E-state index contributed by atoms with van der Waals surface area (Å²) in [7, 11) is 0. The van der Waals surface area contributed by atoms with Crippen molar-refractivity contribution in [3.63, 3.8) is 0 Å². The second-order valence-electron chi connectivity index (χ2n) is 6.33. The lowest BCUT2D eigenvalue weighted by atomic mass is 10.1. The summed E-state index contributed by atoms with van der Waals surface area (Å²) >= 11 is 1.43. The van der Waals surface area contributed by atoms with E-state index in [1.807, 2.05) is 19.9 Å². The Hall–Kier alpha value is -2.65. The first-order valence-corrected chi connectivity index (χ1v) is 9.26.